The van der Waals surface area contributed by atoms with Crippen molar-refractivity contribution in [3.05, 3.63) is 34.8 Å². The van der Waals surface area contributed by atoms with Gasteiger partial charge in [0.1, 0.15) is 0 Å². The molecule has 14 heavy (non-hydrogen) atoms. The van der Waals surface area contributed by atoms with Crippen LogP contribution in [0.2, 0.25) is 0 Å². The molecule has 0 fully saturated rings. The summed E-state index contributed by atoms with van der Waals surface area (Å²) >= 11 is 2.17. The van der Waals surface area contributed by atoms with Crippen molar-refractivity contribution >= 4 is 34.4 Å². The topological polar surface area (TPSA) is 29.5 Å². The molecule has 0 N–H and O–H groups in total. The number of carbonyl (C=O) groups is 1. The number of hydrogen-bond donors (Lipinski definition) is 0. The summed E-state index contributed by atoms with van der Waals surface area (Å²) in [6.07, 6.45) is -0.385. The highest BCUT2D eigenvalue weighted by Crippen LogP contribution is 2.21. The Balaban J connectivity index is 2.84. The molecule has 1 rings (SSSR count). The molecular weight excluding hydrogens is 293 g/mol. The van der Waals surface area contributed by atoms with Crippen LogP contribution in [0.3, 0.4) is 0 Å². The molecule has 75 valence electrons. The lowest BCUT2D eigenvalue weighted by molar-refractivity contribution is 0.167. The number of halogens is 1. The molecule has 0 heterocycles. The maximum Gasteiger partial charge on any atom is 0.414 e. The van der Waals surface area contributed by atoms with Crippen molar-refractivity contribution in [3.8, 4) is 0 Å². The second-order valence-electron chi connectivity index (χ2n) is 2.62. The van der Waals surface area contributed by atoms with E-state index in [1.54, 1.807) is 7.05 Å². The molecule has 0 bridgehead atoms. The molecule has 1 aromatic rings. The average molecular weight is 304 g/mol. The fourth-order valence-electron chi connectivity index (χ4n) is 1.01. The van der Waals surface area contributed by atoms with E-state index in [-0.39, 0.29) is 12.7 Å². The Morgan fingerprint density at radius 1 is 1.57 bits per heavy atom. The lowest BCUT2D eigenvalue weighted by atomic mass is 10.3. The van der Waals surface area contributed by atoms with Gasteiger partial charge in [-0.2, -0.15) is 0 Å². The van der Waals surface area contributed by atoms with Gasteiger partial charge in [0.25, 0.3) is 0 Å². The van der Waals surface area contributed by atoms with Crippen molar-refractivity contribution in [1.82, 2.24) is 0 Å². The molecule has 0 aliphatic rings. The first kappa shape index (κ1) is 11.3. The predicted octanol–water partition coefficient (Wildman–Crippen LogP) is 2.70. The Morgan fingerprint density at radius 2 is 2.21 bits per heavy atom. The summed E-state index contributed by atoms with van der Waals surface area (Å²) in [6.45, 7) is 3.60. The number of rotatable bonds is 2. The zero-order chi connectivity index (χ0) is 10.6. The van der Waals surface area contributed by atoms with Gasteiger partial charge in [0.05, 0.1) is 12.3 Å². The first-order valence-corrected chi connectivity index (χ1v) is 5.19. The summed E-state index contributed by atoms with van der Waals surface area (Å²) in [5, 5.41) is 0. The zero-order valence-corrected chi connectivity index (χ0v) is 10.0. The van der Waals surface area contributed by atoms with E-state index >= 15 is 0 Å². The fourth-order valence-corrected chi connectivity index (χ4v) is 1.76. The number of hydrogen-bond acceptors (Lipinski definition) is 2. The first-order valence-electron chi connectivity index (χ1n) is 4.11. The van der Waals surface area contributed by atoms with Gasteiger partial charge in [0.2, 0.25) is 0 Å². The molecule has 4 heteroatoms. The highest BCUT2D eigenvalue weighted by atomic mass is 127. The Kier molecular flexibility index (Phi) is 4.19. The monoisotopic (exact) mass is 304 g/mol. The molecule has 0 aliphatic carbocycles. The van der Waals surface area contributed by atoms with Gasteiger partial charge in [-0.25, -0.2) is 4.79 Å². The summed E-state index contributed by atoms with van der Waals surface area (Å²) < 4.78 is 5.79. The third-order valence-corrected chi connectivity index (χ3v) is 2.63. The normalized spacial score (nSPS) is 9.64. The molecule has 0 spiro atoms. The molecule has 0 unspecified atom stereocenters. The van der Waals surface area contributed by atoms with Crippen LogP contribution in [-0.4, -0.2) is 19.7 Å². The van der Waals surface area contributed by atoms with Gasteiger partial charge in [-0.15, -0.1) is 0 Å². The number of ether oxygens (including phenoxy) is 1. The van der Waals surface area contributed by atoms with Gasteiger partial charge >= 0.3 is 6.09 Å². The molecule has 0 atom stereocenters. The molecule has 3 nitrogen and oxygen atoms in total. The highest BCUT2D eigenvalue weighted by Gasteiger charge is 2.13. The van der Waals surface area contributed by atoms with E-state index < -0.39 is 0 Å². The molecule has 1 aromatic carbocycles. The SMILES string of the molecule is [CH2]COC(=O)N(C)c1ccccc1I. The second-order valence-corrected chi connectivity index (χ2v) is 3.79. The largest absolute Gasteiger partial charge is 0.449 e. The lowest BCUT2D eigenvalue weighted by Gasteiger charge is -2.17. The van der Waals surface area contributed by atoms with Crippen molar-refractivity contribution in [3.63, 3.8) is 0 Å². The van der Waals surface area contributed by atoms with E-state index in [1.165, 1.54) is 4.90 Å². The van der Waals surface area contributed by atoms with Crippen molar-refractivity contribution < 1.29 is 9.53 Å². The van der Waals surface area contributed by atoms with Gasteiger partial charge in [-0.3, -0.25) is 4.90 Å². The fraction of sp³-hybridized carbons (Fsp3) is 0.200. The molecule has 0 saturated heterocycles. The van der Waals surface area contributed by atoms with Crippen LogP contribution in [0.5, 0.6) is 0 Å². The number of nitrogens with zero attached hydrogens (tertiary/aromatic N) is 1. The van der Waals surface area contributed by atoms with Crippen LogP contribution in [0.4, 0.5) is 10.5 Å². The van der Waals surface area contributed by atoms with Gasteiger partial charge < -0.3 is 4.74 Å². The number of anilines is 1. The molecule has 0 aliphatic heterocycles. The average Bonchev–Trinajstić information content (AvgIpc) is 2.18. The lowest BCUT2D eigenvalue weighted by Crippen LogP contribution is -2.27. The van der Waals surface area contributed by atoms with E-state index in [4.69, 9.17) is 4.74 Å². The van der Waals surface area contributed by atoms with E-state index in [0.717, 1.165) is 9.26 Å². The number of benzene rings is 1. The van der Waals surface area contributed by atoms with Crippen molar-refractivity contribution in [2.75, 3.05) is 18.6 Å². The highest BCUT2D eigenvalue weighted by molar-refractivity contribution is 14.1. The van der Waals surface area contributed by atoms with Crippen molar-refractivity contribution in [2.24, 2.45) is 0 Å². The summed E-state index contributed by atoms with van der Waals surface area (Å²) in [5.41, 5.74) is 0.839. The smallest absolute Gasteiger partial charge is 0.414 e. The molecule has 0 aromatic heterocycles. The summed E-state index contributed by atoms with van der Waals surface area (Å²) in [4.78, 5) is 12.8. The van der Waals surface area contributed by atoms with E-state index in [2.05, 4.69) is 29.5 Å². The summed E-state index contributed by atoms with van der Waals surface area (Å²) in [6, 6.07) is 7.60. The van der Waals surface area contributed by atoms with Gasteiger partial charge in [-0.1, -0.05) is 12.1 Å². The maximum atomic E-state index is 11.4. The van der Waals surface area contributed by atoms with Gasteiger partial charge in [0.15, 0.2) is 0 Å². The van der Waals surface area contributed by atoms with E-state index in [0.29, 0.717) is 0 Å². The Morgan fingerprint density at radius 3 is 2.79 bits per heavy atom. The Labute approximate surface area is 97.2 Å². The third-order valence-electron chi connectivity index (χ3n) is 1.71. The minimum atomic E-state index is -0.385. The molecular formula is C10H11INO2. The summed E-state index contributed by atoms with van der Waals surface area (Å²) in [5.74, 6) is 0. The molecule has 1 amide bonds. The first-order chi connectivity index (χ1) is 6.66. The number of amides is 1. The quantitative estimate of drug-likeness (QED) is 0.786. The molecule has 0 saturated carbocycles. The third kappa shape index (κ3) is 2.60. The second kappa shape index (κ2) is 5.19. The van der Waals surface area contributed by atoms with Crippen LogP contribution < -0.4 is 4.90 Å². The molecule has 1 radical (unpaired) electrons. The minimum Gasteiger partial charge on any atom is -0.449 e. The van der Waals surface area contributed by atoms with Crippen LogP contribution in [-0.2, 0) is 4.74 Å². The van der Waals surface area contributed by atoms with Crippen LogP contribution >= 0.6 is 22.6 Å². The number of carbonyl (C=O) groups excluding carboxylic acids is 1. The van der Waals surface area contributed by atoms with Gasteiger partial charge in [-0.05, 0) is 41.6 Å². The number of para-hydroxylation sites is 1. The zero-order valence-electron chi connectivity index (χ0n) is 7.87. The van der Waals surface area contributed by atoms with Crippen molar-refractivity contribution in [2.45, 2.75) is 0 Å². The Bertz CT molecular complexity index is 328. The van der Waals surface area contributed by atoms with Crippen molar-refractivity contribution in [1.29, 1.82) is 0 Å². The summed E-state index contributed by atoms with van der Waals surface area (Å²) in [7, 11) is 1.68. The van der Waals surface area contributed by atoms with E-state index in [9.17, 15) is 4.79 Å². The minimum absolute atomic E-state index is 0.145. The van der Waals surface area contributed by atoms with Gasteiger partial charge in [0, 0.05) is 10.6 Å². The van der Waals surface area contributed by atoms with Crippen LogP contribution in [0.15, 0.2) is 24.3 Å². The van der Waals surface area contributed by atoms with E-state index in [1.807, 2.05) is 24.3 Å². The van der Waals surface area contributed by atoms with Crippen LogP contribution in [0, 0.1) is 10.5 Å². The van der Waals surface area contributed by atoms with Crippen LogP contribution in [0.1, 0.15) is 0 Å². The Hall–Kier alpha value is -0.780. The van der Waals surface area contributed by atoms with Crippen LogP contribution in [0.25, 0.3) is 0 Å². The standard InChI is InChI=1S/C10H11INO2/c1-3-14-10(13)12(2)9-7-5-4-6-8(9)11/h4-7H,1,3H2,2H3. The predicted molar refractivity (Wildman–Crippen MR) is 64.3 cm³/mol. The maximum absolute atomic E-state index is 11.4.